The largest absolute Gasteiger partial charge is 0.395 e. The Labute approximate surface area is 147 Å². The minimum absolute atomic E-state index is 0.114. The van der Waals surface area contributed by atoms with Gasteiger partial charge < -0.3 is 10.0 Å². The molecule has 1 aliphatic rings. The molecule has 2 aromatic rings. The van der Waals surface area contributed by atoms with Crippen LogP contribution in [0.3, 0.4) is 0 Å². The maximum absolute atomic E-state index is 12.5. The van der Waals surface area contributed by atoms with Crippen molar-refractivity contribution >= 4 is 17.2 Å². The van der Waals surface area contributed by atoms with E-state index >= 15 is 0 Å². The Hall–Kier alpha value is -1.69. The molecule has 1 aliphatic heterocycles. The van der Waals surface area contributed by atoms with Crippen LogP contribution in [-0.4, -0.2) is 47.1 Å². The minimum atomic E-state index is 0.114. The second-order valence-electron chi connectivity index (χ2n) is 6.17. The summed E-state index contributed by atoms with van der Waals surface area (Å²) in [7, 11) is 0. The van der Waals surface area contributed by atoms with Crippen molar-refractivity contribution in [3.63, 3.8) is 0 Å². The average Bonchev–Trinajstić information content (AvgIpc) is 3.08. The number of fused-ring (bicyclic) bond motifs is 1. The summed E-state index contributed by atoms with van der Waals surface area (Å²) in [4.78, 5) is 18.1. The van der Waals surface area contributed by atoms with E-state index in [1.165, 1.54) is 16.0 Å². The predicted octanol–water partition coefficient (Wildman–Crippen LogP) is 2.52. The highest BCUT2D eigenvalue weighted by Crippen LogP contribution is 2.24. The Kier molecular flexibility index (Phi) is 6.01. The van der Waals surface area contributed by atoms with E-state index in [9.17, 15) is 9.90 Å². The third kappa shape index (κ3) is 4.44. The maximum atomic E-state index is 12.5. The van der Waals surface area contributed by atoms with Crippen molar-refractivity contribution in [1.82, 2.24) is 9.80 Å². The van der Waals surface area contributed by atoms with Gasteiger partial charge in [-0.2, -0.15) is 0 Å². The minimum Gasteiger partial charge on any atom is -0.395 e. The summed E-state index contributed by atoms with van der Waals surface area (Å²) in [5.41, 5.74) is 2.51. The molecule has 0 bridgehead atoms. The second-order valence-corrected chi connectivity index (χ2v) is 7.17. The van der Waals surface area contributed by atoms with E-state index in [1.54, 1.807) is 11.3 Å². The third-order valence-corrected chi connectivity index (χ3v) is 5.49. The molecular weight excluding hydrogens is 320 g/mol. The Morgan fingerprint density at radius 3 is 2.83 bits per heavy atom. The number of rotatable bonds is 7. The van der Waals surface area contributed by atoms with Crippen molar-refractivity contribution in [2.24, 2.45) is 0 Å². The highest BCUT2D eigenvalue weighted by Gasteiger charge is 2.21. The summed E-state index contributed by atoms with van der Waals surface area (Å²) in [6, 6.07) is 12.3. The molecular formula is C19H24N2O2S. The van der Waals surface area contributed by atoms with Crippen LogP contribution in [0.2, 0.25) is 0 Å². The Bertz CT molecular complexity index is 656. The summed E-state index contributed by atoms with van der Waals surface area (Å²) in [6.07, 6.45) is 1.48. The van der Waals surface area contributed by atoms with E-state index < -0.39 is 0 Å². The van der Waals surface area contributed by atoms with Gasteiger partial charge in [0.1, 0.15) is 0 Å². The van der Waals surface area contributed by atoms with Gasteiger partial charge >= 0.3 is 0 Å². The number of hydrogen-bond donors (Lipinski definition) is 1. The number of amides is 1. The number of benzene rings is 1. The lowest BCUT2D eigenvalue weighted by Crippen LogP contribution is -2.38. The van der Waals surface area contributed by atoms with E-state index in [-0.39, 0.29) is 12.5 Å². The van der Waals surface area contributed by atoms with Gasteiger partial charge in [0.2, 0.25) is 5.91 Å². The van der Waals surface area contributed by atoms with Crippen molar-refractivity contribution in [2.45, 2.75) is 25.9 Å². The third-order valence-electron chi connectivity index (χ3n) is 4.47. The van der Waals surface area contributed by atoms with Crippen LogP contribution in [0.1, 0.15) is 22.4 Å². The Morgan fingerprint density at radius 1 is 1.21 bits per heavy atom. The van der Waals surface area contributed by atoms with Crippen LogP contribution in [0, 0.1) is 0 Å². The first-order valence-corrected chi connectivity index (χ1v) is 9.34. The fraction of sp³-hybridized carbons (Fsp3) is 0.421. The highest BCUT2D eigenvalue weighted by molar-refractivity contribution is 7.10. The molecule has 4 nitrogen and oxygen atoms in total. The zero-order valence-electron chi connectivity index (χ0n) is 13.9. The Morgan fingerprint density at radius 2 is 2.04 bits per heavy atom. The van der Waals surface area contributed by atoms with E-state index in [2.05, 4.69) is 28.5 Å². The highest BCUT2D eigenvalue weighted by atomic mass is 32.1. The summed E-state index contributed by atoms with van der Waals surface area (Å²) < 4.78 is 0. The van der Waals surface area contributed by atoms with Crippen LogP contribution in [0.4, 0.5) is 0 Å². The molecule has 0 saturated carbocycles. The van der Waals surface area contributed by atoms with Gasteiger partial charge in [0, 0.05) is 44.0 Å². The molecule has 0 atom stereocenters. The maximum Gasteiger partial charge on any atom is 0.224 e. The molecule has 0 aliphatic carbocycles. The van der Waals surface area contributed by atoms with E-state index in [0.29, 0.717) is 19.5 Å². The quantitative estimate of drug-likeness (QED) is 0.839. The van der Waals surface area contributed by atoms with Crippen molar-refractivity contribution in [3.8, 4) is 0 Å². The van der Waals surface area contributed by atoms with E-state index in [4.69, 9.17) is 0 Å². The molecule has 0 radical (unpaired) electrons. The van der Waals surface area contributed by atoms with E-state index in [0.717, 1.165) is 26.1 Å². The lowest BCUT2D eigenvalue weighted by Gasteiger charge is -2.28. The van der Waals surface area contributed by atoms with Crippen LogP contribution in [0.15, 0.2) is 41.8 Å². The zero-order chi connectivity index (χ0) is 16.8. The summed E-state index contributed by atoms with van der Waals surface area (Å²) in [5.74, 6) is 0.211. The van der Waals surface area contributed by atoms with Gasteiger partial charge in [-0.1, -0.05) is 30.3 Å². The molecule has 0 saturated heterocycles. The fourth-order valence-electron chi connectivity index (χ4n) is 3.13. The molecule has 0 unspecified atom stereocenters. The molecule has 3 rings (SSSR count). The molecule has 1 aromatic heterocycles. The van der Waals surface area contributed by atoms with Crippen molar-refractivity contribution < 1.29 is 9.90 Å². The first kappa shape index (κ1) is 17.1. The van der Waals surface area contributed by atoms with Gasteiger partial charge in [0.15, 0.2) is 0 Å². The number of thiophene rings is 1. The standard InChI is InChI=1S/C19H24N2O2S/c22-12-11-20(14-16-4-2-1-3-5-16)9-7-19(23)21-10-6-18-17(15-21)8-13-24-18/h1-5,8,13,22H,6-7,9-12,14-15H2. The van der Waals surface area contributed by atoms with Crippen LogP contribution in [0.5, 0.6) is 0 Å². The molecule has 5 heteroatoms. The molecule has 1 N–H and O–H groups in total. The SMILES string of the molecule is O=C(CCN(CCO)Cc1ccccc1)N1CCc2sccc2C1. The normalized spacial score (nSPS) is 14.0. The summed E-state index contributed by atoms with van der Waals surface area (Å²) >= 11 is 1.79. The summed E-state index contributed by atoms with van der Waals surface area (Å²) in [5, 5.41) is 11.4. The van der Waals surface area contributed by atoms with Crippen molar-refractivity contribution in [3.05, 3.63) is 57.8 Å². The van der Waals surface area contributed by atoms with Gasteiger partial charge in [0.25, 0.3) is 0 Å². The molecule has 0 fully saturated rings. The Balaban J connectivity index is 1.52. The van der Waals surface area contributed by atoms with E-state index in [1.807, 2.05) is 23.1 Å². The lowest BCUT2D eigenvalue weighted by molar-refractivity contribution is -0.132. The monoisotopic (exact) mass is 344 g/mol. The first-order chi connectivity index (χ1) is 11.8. The van der Waals surface area contributed by atoms with Crippen LogP contribution < -0.4 is 0 Å². The molecule has 2 heterocycles. The summed E-state index contributed by atoms with van der Waals surface area (Å²) in [6.45, 7) is 3.73. The van der Waals surface area contributed by atoms with Crippen LogP contribution in [0.25, 0.3) is 0 Å². The van der Waals surface area contributed by atoms with Crippen LogP contribution >= 0.6 is 11.3 Å². The zero-order valence-corrected chi connectivity index (χ0v) is 14.7. The van der Waals surface area contributed by atoms with Gasteiger partial charge in [-0.15, -0.1) is 11.3 Å². The van der Waals surface area contributed by atoms with Crippen molar-refractivity contribution in [1.29, 1.82) is 0 Å². The second kappa shape index (κ2) is 8.42. The number of nitrogens with zero attached hydrogens (tertiary/aromatic N) is 2. The molecule has 24 heavy (non-hydrogen) atoms. The smallest absolute Gasteiger partial charge is 0.224 e. The van der Waals surface area contributed by atoms with Gasteiger partial charge in [-0.25, -0.2) is 0 Å². The lowest BCUT2D eigenvalue weighted by atomic mass is 10.1. The number of carbonyl (C=O) groups is 1. The molecule has 1 amide bonds. The predicted molar refractivity (Wildman–Crippen MR) is 96.9 cm³/mol. The number of aliphatic hydroxyl groups is 1. The number of carbonyl (C=O) groups excluding carboxylic acids is 1. The average molecular weight is 344 g/mol. The topological polar surface area (TPSA) is 43.8 Å². The molecule has 128 valence electrons. The molecule has 0 spiro atoms. The molecule has 1 aromatic carbocycles. The van der Waals surface area contributed by atoms with Gasteiger partial charge in [0.05, 0.1) is 6.61 Å². The van der Waals surface area contributed by atoms with Gasteiger partial charge in [-0.05, 0) is 29.0 Å². The van der Waals surface area contributed by atoms with Crippen LogP contribution in [-0.2, 0) is 24.3 Å². The van der Waals surface area contributed by atoms with Crippen molar-refractivity contribution in [2.75, 3.05) is 26.2 Å². The number of hydrogen-bond acceptors (Lipinski definition) is 4. The first-order valence-electron chi connectivity index (χ1n) is 8.46. The fourth-order valence-corrected chi connectivity index (χ4v) is 4.02. The number of aliphatic hydroxyl groups excluding tert-OH is 1. The van der Waals surface area contributed by atoms with Gasteiger partial charge in [-0.3, -0.25) is 9.69 Å².